The van der Waals surface area contributed by atoms with Gasteiger partial charge in [-0.25, -0.2) is 4.79 Å². The van der Waals surface area contributed by atoms with Gasteiger partial charge >= 0.3 is 6.09 Å². The Balaban J connectivity index is 1.71. The maximum Gasteiger partial charge on any atom is 0.414 e. The van der Waals surface area contributed by atoms with E-state index in [0.717, 1.165) is 17.7 Å². The third-order valence-corrected chi connectivity index (χ3v) is 4.41. The molecule has 0 bridgehead atoms. The van der Waals surface area contributed by atoms with Gasteiger partial charge in [-0.15, -0.1) is 11.3 Å². The van der Waals surface area contributed by atoms with E-state index in [2.05, 4.69) is 15.4 Å². The van der Waals surface area contributed by atoms with Crippen molar-refractivity contribution in [1.29, 1.82) is 0 Å². The standard InChI is InChI=1S/C17H16N2O5S/c1-2-23-17(22)19-15(21)12-6-8-25-16(12)18-14(20)11-3-4-13-10(9-11)5-7-24-13/h3-4,6,8-9H,2,5,7H2,1H3,(H,18,20)(H,19,21,22). The van der Waals surface area contributed by atoms with Crippen LogP contribution in [0.4, 0.5) is 9.80 Å². The minimum atomic E-state index is -0.824. The Labute approximate surface area is 147 Å². The Morgan fingerprint density at radius 2 is 2.08 bits per heavy atom. The highest BCUT2D eigenvalue weighted by molar-refractivity contribution is 7.14. The predicted octanol–water partition coefficient (Wildman–Crippen LogP) is 2.82. The van der Waals surface area contributed by atoms with Crippen LogP contribution in [-0.4, -0.2) is 31.1 Å². The smallest absolute Gasteiger partial charge is 0.414 e. The quantitative estimate of drug-likeness (QED) is 0.874. The van der Waals surface area contributed by atoms with E-state index in [1.54, 1.807) is 30.5 Å². The van der Waals surface area contributed by atoms with Gasteiger partial charge in [-0.2, -0.15) is 0 Å². The molecule has 3 rings (SSSR count). The summed E-state index contributed by atoms with van der Waals surface area (Å²) in [7, 11) is 0. The van der Waals surface area contributed by atoms with Gasteiger partial charge in [-0.1, -0.05) is 0 Å². The molecular formula is C17H16N2O5S. The summed E-state index contributed by atoms with van der Waals surface area (Å²) in [6, 6.07) is 6.75. The number of imide groups is 1. The maximum atomic E-state index is 12.4. The molecule has 1 aliphatic rings. The Kier molecular flexibility index (Phi) is 4.99. The molecule has 1 aromatic carbocycles. The zero-order valence-electron chi connectivity index (χ0n) is 13.5. The highest BCUT2D eigenvalue weighted by Gasteiger charge is 2.19. The molecule has 0 fully saturated rings. The monoisotopic (exact) mass is 360 g/mol. The topological polar surface area (TPSA) is 93.7 Å². The molecule has 0 aliphatic carbocycles. The van der Waals surface area contributed by atoms with E-state index in [0.29, 0.717) is 17.2 Å². The highest BCUT2D eigenvalue weighted by Crippen LogP contribution is 2.27. The number of hydrogen-bond donors (Lipinski definition) is 2. The van der Waals surface area contributed by atoms with Crippen molar-refractivity contribution >= 4 is 34.2 Å². The summed E-state index contributed by atoms with van der Waals surface area (Å²) >= 11 is 1.20. The fourth-order valence-electron chi connectivity index (χ4n) is 2.42. The molecule has 0 saturated heterocycles. The van der Waals surface area contributed by atoms with E-state index in [1.165, 1.54) is 17.4 Å². The lowest BCUT2D eigenvalue weighted by Gasteiger charge is -2.08. The number of anilines is 1. The van der Waals surface area contributed by atoms with Gasteiger partial charge in [-0.05, 0) is 42.1 Å². The molecule has 25 heavy (non-hydrogen) atoms. The lowest BCUT2D eigenvalue weighted by Crippen LogP contribution is -2.31. The van der Waals surface area contributed by atoms with Gasteiger partial charge in [-0.3, -0.25) is 14.9 Å². The Hall–Kier alpha value is -2.87. The third-order valence-electron chi connectivity index (χ3n) is 3.58. The van der Waals surface area contributed by atoms with Crippen LogP contribution in [0, 0.1) is 0 Å². The number of carbonyl (C=O) groups is 3. The number of alkyl carbamates (subject to hydrolysis) is 1. The first-order chi connectivity index (χ1) is 12.1. The van der Waals surface area contributed by atoms with Crippen LogP contribution in [0.5, 0.6) is 5.75 Å². The van der Waals surface area contributed by atoms with Crippen LogP contribution in [0.15, 0.2) is 29.6 Å². The lowest BCUT2D eigenvalue weighted by molar-refractivity contribution is 0.0926. The van der Waals surface area contributed by atoms with Crippen LogP contribution in [0.1, 0.15) is 33.2 Å². The number of nitrogens with one attached hydrogen (secondary N) is 2. The number of carbonyl (C=O) groups excluding carboxylic acids is 3. The minimum absolute atomic E-state index is 0.161. The zero-order chi connectivity index (χ0) is 17.8. The van der Waals surface area contributed by atoms with Crippen molar-refractivity contribution in [2.24, 2.45) is 0 Å². The second kappa shape index (κ2) is 7.35. The molecule has 8 heteroatoms. The molecule has 0 atom stereocenters. The molecule has 0 radical (unpaired) electrons. The summed E-state index contributed by atoms with van der Waals surface area (Å²) in [5.41, 5.74) is 1.67. The molecule has 0 unspecified atom stereocenters. The first kappa shape index (κ1) is 17.0. The molecule has 130 valence electrons. The van der Waals surface area contributed by atoms with E-state index in [9.17, 15) is 14.4 Å². The van der Waals surface area contributed by atoms with E-state index in [-0.39, 0.29) is 18.1 Å². The fourth-order valence-corrected chi connectivity index (χ4v) is 3.19. The van der Waals surface area contributed by atoms with Gasteiger partial charge in [0.2, 0.25) is 0 Å². The highest BCUT2D eigenvalue weighted by atomic mass is 32.1. The summed E-state index contributed by atoms with van der Waals surface area (Å²) in [4.78, 5) is 35.9. The molecule has 0 saturated carbocycles. The number of amides is 3. The first-order valence-electron chi connectivity index (χ1n) is 7.71. The van der Waals surface area contributed by atoms with E-state index < -0.39 is 12.0 Å². The van der Waals surface area contributed by atoms with Gasteiger partial charge in [0, 0.05) is 12.0 Å². The Morgan fingerprint density at radius 1 is 1.24 bits per heavy atom. The van der Waals surface area contributed by atoms with Crippen molar-refractivity contribution in [1.82, 2.24) is 5.32 Å². The molecule has 2 aromatic rings. The van der Waals surface area contributed by atoms with Gasteiger partial charge < -0.3 is 14.8 Å². The second-order valence-electron chi connectivity index (χ2n) is 5.21. The van der Waals surface area contributed by atoms with E-state index in [4.69, 9.17) is 4.74 Å². The molecule has 3 amide bonds. The first-order valence-corrected chi connectivity index (χ1v) is 8.59. The van der Waals surface area contributed by atoms with Crippen LogP contribution in [0.3, 0.4) is 0 Å². The average molecular weight is 360 g/mol. The summed E-state index contributed by atoms with van der Waals surface area (Å²) in [6.07, 6.45) is -0.0579. The second-order valence-corrected chi connectivity index (χ2v) is 6.13. The molecule has 1 aromatic heterocycles. The maximum absolute atomic E-state index is 12.4. The Bertz CT molecular complexity index is 830. The summed E-state index contributed by atoms with van der Waals surface area (Å²) in [5, 5.41) is 6.84. The van der Waals surface area contributed by atoms with Crippen molar-refractivity contribution < 1.29 is 23.9 Å². The lowest BCUT2D eigenvalue weighted by atomic mass is 10.1. The Morgan fingerprint density at radius 3 is 2.88 bits per heavy atom. The van der Waals surface area contributed by atoms with Gasteiger partial charge in [0.15, 0.2) is 0 Å². The normalized spacial score (nSPS) is 12.0. The van der Waals surface area contributed by atoms with Crippen molar-refractivity contribution in [2.45, 2.75) is 13.3 Å². The van der Waals surface area contributed by atoms with Crippen molar-refractivity contribution in [3.05, 3.63) is 46.3 Å². The van der Waals surface area contributed by atoms with Crippen LogP contribution < -0.4 is 15.4 Å². The zero-order valence-corrected chi connectivity index (χ0v) is 14.3. The summed E-state index contributed by atoms with van der Waals surface area (Å²) in [6.45, 7) is 2.42. The number of fused-ring (bicyclic) bond motifs is 1. The SMILES string of the molecule is CCOC(=O)NC(=O)c1ccsc1NC(=O)c1ccc2c(c1)CCO2. The average Bonchev–Trinajstić information content (AvgIpc) is 3.22. The van der Waals surface area contributed by atoms with Crippen LogP contribution in [0.2, 0.25) is 0 Å². The fraction of sp³-hybridized carbons (Fsp3) is 0.235. The van der Waals surface area contributed by atoms with Crippen LogP contribution in [-0.2, 0) is 11.2 Å². The van der Waals surface area contributed by atoms with Gasteiger partial charge in [0.05, 0.1) is 18.8 Å². The molecule has 2 N–H and O–H groups in total. The number of hydrogen-bond acceptors (Lipinski definition) is 6. The molecule has 2 heterocycles. The van der Waals surface area contributed by atoms with Crippen molar-refractivity contribution in [3.63, 3.8) is 0 Å². The minimum Gasteiger partial charge on any atom is -0.493 e. The number of thiophene rings is 1. The number of ether oxygens (including phenoxy) is 2. The summed E-state index contributed by atoms with van der Waals surface area (Å²) in [5.74, 6) is -0.165. The molecule has 0 spiro atoms. The van der Waals surface area contributed by atoms with Crippen molar-refractivity contribution in [2.75, 3.05) is 18.5 Å². The van der Waals surface area contributed by atoms with E-state index >= 15 is 0 Å². The molecular weight excluding hydrogens is 344 g/mol. The van der Waals surface area contributed by atoms with Crippen molar-refractivity contribution in [3.8, 4) is 5.75 Å². The third kappa shape index (κ3) is 3.80. The predicted molar refractivity (Wildman–Crippen MR) is 92.4 cm³/mol. The molecule has 7 nitrogen and oxygen atoms in total. The summed E-state index contributed by atoms with van der Waals surface area (Å²) < 4.78 is 10.1. The number of benzene rings is 1. The number of rotatable bonds is 4. The van der Waals surface area contributed by atoms with Crippen LogP contribution >= 0.6 is 11.3 Å². The van der Waals surface area contributed by atoms with E-state index in [1.807, 2.05) is 0 Å². The largest absolute Gasteiger partial charge is 0.493 e. The van der Waals surface area contributed by atoms with Gasteiger partial charge in [0.25, 0.3) is 11.8 Å². The van der Waals surface area contributed by atoms with Crippen LogP contribution in [0.25, 0.3) is 0 Å². The van der Waals surface area contributed by atoms with Gasteiger partial charge in [0.1, 0.15) is 10.8 Å². The molecule has 1 aliphatic heterocycles.